The molecule has 1 heterocycles. The van der Waals surface area contributed by atoms with E-state index in [9.17, 15) is 4.79 Å². The zero-order valence-electron chi connectivity index (χ0n) is 21.4. The monoisotopic (exact) mass is 518 g/mol. The van der Waals surface area contributed by atoms with Crippen LogP contribution in [0, 0.1) is 6.92 Å². The standard InChI is InChI=1S/C29H30N2O5S/c1-5-33-24-18-21(19-25(34-6-2)26(24)35-7-3)29(32)36-28-27(37-23-16-12-9-13-17-23)20(4)30-31(28)22-14-10-8-11-15-22/h8-19H,5-7H2,1-4H3. The van der Waals surface area contributed by atoms with E-state index in [-0.39, 0.29) is 5.56 Å². The maximum Gasteiger partial charge on any atom is 0.345 e. The van der Waals surface area contributed by atoms with Crippen LogP contribution in [0.15, 0.2) is 82.6 Å². The minimum absolute atomic E-state index is 0.282. The fraction of sp³-hybridized carbons (Fsp3) is 0.241. The Morgan fingerprint density at radius 3 is 1.97 bits per heavy atom. The highest BCUT2D eigenvalue weighted by atomic mass is 32.2. The zero-order valence-corrected chi connectivity index (χ0v) is 22.2. The Labute approximate surface area is 221 Å². The molecule has 1 aromatic heterocycles. The lowest BCUT2D eigenvalue weighted by atomic mass is 10.2. The van der Waals surface area contributed by atoms with E-state index in [2.05, 4.69) is 0 Å². The second kappa shape index (κ2) is 12.4. The summed E-state index contributed by atoms with van der Waals surface area (Å²) in [6, 6.07) is 22.7. The molecule has 7 nitrogen and oxygen atoms in total. The molecule has 4 aromatic rings. The van der Waals surface area contributed by atoms with Crippen LogP contribution in [0.25, 0.3) is 5.69 Å². The summed E-state index contributed by atoms with van der Waals surface area (Å²) in [5.41, 5.74) is 1.81. The van der Waals surface area contributed by atoms with Crippen molar-refractivity contribution in [3.63, 3.8) is 0 Å². The molecule has 0 atom stereocenters. The molecule has 0 aliphatic carbocycles. The van der Waals surface area contributed by atoms with Crippen molar-refractivity contribution < 1.29 is 23.7 Å². The maximum atomic E-state index is 13.6. The highest BCUT2D eigenvalue weighted by Gasteiger charge is 2.25. The lowest BCUT2D eigenvalue weighted by Crippen LogP contribution is -2.13. The predicted octanol–water partition coefficient (Wildman–Crippen LogP) is 6.75. The van der Waals surface area contributed by atoms with E-state index in [1.165, 1.54) is 11.8 Å². The molecule has 0 unspecified atom stereocenters. The first-order chi connectivity index (χ1) is 18.0. The fourth-order valence-corrected chi connectivity index (χ4v) is 4.64. The van der Waals surface area contributed by atoms with E-state index in [0.717, 1.165) is 21.2 Å². The summed E-state index contributed by atoms with van der Waals surface area (Å²) < 4.78 is 25.1. The molecule has 37 heavy (non-hydrogen) atoms. The second-order valence-electron chi connectivity index (χ2n) is 7.87. The third-order valence-corrected chi connectivity index (χ3v) is 6.45. The molecular weight excluding hydrogens is 488 g/mol. The molecule has 0 fully saturated rings. The number of hydrogen-bond acceptors (Lipinski definition) is 7. The molecule has 3 aromatic carbocycles. The van der Waals surface area contributed by atoms with Gasteiger partial charge in [-0.2, -0.15) is 9.78 Å². The number of esters is 1. The molecule has 4 rings (SSSR count). The van der Waals surface area contributed by atoms with Crippen LogP contribution in [0.1, 0.15) is 36.8 Å². The van der Waals surface area contributed by atoms with Gasteiger partial charge >= 0.3 is 5.97 Å². The first kappa shape index (κ1) is 26.2. The predicted molar refractivity (Wildman–Crippen MR) is 144 cm³/mol. The molecule has 0 spiro atoms. The molecular formula is C29H30N2O5S. The molecule has 192 valence electrons. The Balaban J connectivity index is 1.77. The van der Waals surface area contributed by atoms with Gasteiger partial charge in [0.25, 0.3) is 0 Å². The lowest BCUT2D eigenvalue weighted by molar-refractivity contribution is 0.0717. The van der Waals surface area contributed by atoms with E-state index >= 15 is 0 Å². The van der Waals surface area contributed by atoms with Crippen molar-refractivity contribution in [2.45, 2.75) is 37.5 Å². The van der Waals surface area contributed by atoms with Gasteiger partial charge in [-0.05, 0) is 64.1 Å². The molecule has 0 aliphatic heterocycles. The number of ether oxygens (including phenoxy) is 4. The van der Waals surface area contributed by atoms with Crippen molar-refractivity contribution >= 4 is 17.7 Å². The number of benzene rings is 3. The van der Waals surface area contributed by atoms with Gasteiger partial charge in [0.05, 0.1) is 41.7 Å². The topological polar surface area (TPSA) is 71.8 Å². The average molecular weight is 519 g/mol. The van der Waals surface area contributed by atoms with Crippen molar-refractivity contribution in [1.29, 1.82) is 0 Å². The number of para-hydroxylation sites is 1. The molecule has 0 saturated heterocycles. The number of nitrogens with zero attached hydrogens (tertiary/aromatic N) is 2. The maximum absolute atomic E-state index is 13.6. The van der Waals surface area contributed by atoms with Gasteiger partial charge < -0.3 is 18.9 Å². The Hall–Kier alpha value is -3.91. The Morgan fingerprint density at radius 2 is 1.41 bits per heavy atom. The summed E-state index contributed by atoms with van der Waals surface area (Å²) >= 11 is 1.50. The highest BCUT2D eigenvalue weighted by molar-refractivity contribution is 7.99. The Kier molecular flexibility index (Phi) is 8.74. The Bertz CT molecular complexity index is 1310. The van der Waals surface area contributed by atoms with Crippen LogP contribution in [0.5, 0.6) is 23.1 Å². The normalized spacial score (nSPS) is 10.7. The van der Waals surface area contributed by atoms with Crippen molar-refractivity contribution in [3.8, 4) is 28.8 Å². The van der Waals surface area contributed by atoms with Gasteiger partial charge in [0.1, 0.15) is 0 Å². The third kappa shape index (κ3) is 6.09. The van der Waals surface area contributed by atoms with Gasteiger partial charge in [-0.15, -0.1) is 0 Å². The quantitative estimate of drug-likeness (QED) is 0.203. The first-order valence-corrected chi connectivity index (χ1v) is 13.0. The minimum atomic E-state index is -0.558. The largest absolute Gasteiger partial charge is 0.490 e. The third-order valence-electron chi connectivity index (χ3n) is 5.26. The lowest BCUT2D eigenvalue weighted by Gasteiger charge is -2.17. The molecule has 0 amide bonds. The number of rotatable bonds is 11. The summed E-state index contributed by atoms with van der Waals surface area (Å²) in [6.07, 6.45) is 0. The number of aromatic nitrogens is 2. The van der Waals surface area contributed by atoms with E-state index in [4.69, 9.17) is 24.0 Å². The second-order valence-corrected chi connectivity index (χ2v) is 8.96. The summed E-state index contributed by atoms with van der Waals surface area (Å²) in [5, 5.41) is 4.71. The van der Waals surface area contributed by atoms with Gasteiger partial charge in [0, 0.05) is 4.90 Å². The van der Waals surface area contributed by atoms with Crippen LogP contribution >= 0.6 is 11.8 Å². The molecule has 8 heteroatoms. The van der Waals surface area contributed by atoms with E-state index < -0.39 is 5.97 Å². The smallest absolute Gasteiger partial charge is 0.345 e. The van der Waals surface area contributed by atoms with Crippen LogP contribution < -0.4 is 18.9 Å². The molecule has 0 saturated carbocycles. The van der Waals surface area contributed by atoms with Gasteiger partial charge in [-0.1, -0.05) is 48.2 Å². The zero-order chi connectivity index (χ0) is 26.2. The number of carbonyl (C=O) groups is 1. The fourth-order valence-electron chi connectivity index (χ4n) is 3.70. The van der Waals surface area contributed by atoms with Crippen LogP contribution in [0.3, 0.4) is 0 Å². The van der Waals surface area contributed by atoms with Gasteiger partial charge in [-0.25, -0.2) is 4.79 Å². The van der Waals surface area contributed by atoms with Crippen LogP contribution in [0.2, 0.25) is 0 Å². The summed E-state index contributed by atoms with van der Waals surface area (Å²) in [7, 11) is 0. The number of carbonyl (C=O) groups excluding carboxylic acids is 1. The molecule has 0 radical (unpaired) electrons. The van der Waals surface area contributed by atoms with Crippen molar-refractivity contribution in [3.05, 3.63) is 84.1 Å². The van der Waals surface area contributed by atoms with Crippen LogP contribution in [-0.4, -0.2) is 35.6 Å². The molecule has 0 aliphatic rings. The summed E-state index contributed by atoms with van der Waals surface area (Å²) in [6.45, 7) is 8.76. The minimum Gasteiger partial charge on any atom is -0.490 e. The van der Waals surface area contributed by atoms with Crippen LogP contribution in [0.4, 0.5) is 0 Å². The van der Waals surface area contributed by atoms with Gasteiger partial charge in [-0.3, -0.25) is 0 Å². The highest BCUT2D eigenvalue weighted by Crippen LogP contribution is 2.41. The summed E-state index contributed by atoms with van der Waals surface area (Å²) in [5.74, 6) is 1.10. The van der Waals surface area contributed by atoms with Gasteiger partial charge in [0.2, 0.25) is 11.6 Å². The summed E-state index contributed by atoms with van der Waals surface area (Å²) in [4.78, 5) is 15.3. The first-order valence-electron chi connectivity index (χ1n) is 12.2. The van der Waals surface area contributed by atoms with Crippen molar-refractivity contribution in [2.75, 3.05) is 19.8 Å². The number of hydrogen-bond donors (Lipinski definition) is 0. The Morgan fingerprint density at radius 1 is 0.838 bits per heavy atom. The van der Waals surface area contributed by atoms with Crippen molar-refractivity contribution in [1.82, 2.24) is 9.78 Å². The molecule has 0 N–H and O–H groups in total. The van der Waals surface area contributed by atoms with Crippen molar-refractivity contribution in [2.24, 2.45) is 0 Å². The van der Waals surface area contributed by atoms with E-state index in [1.807, 2.05) is 88.4 Å². The molecule has 0 bridgehead atoms. The SMILES string of the molecule is CCOc1cc(C(=O)Oc2c(Sc3ccccc3)c(C)nn2-c2ccccc2)cc(OCC)c1OCC. The van der Waals surface area contributed by atoms with Gasteiger partial charge in [0.15, 0.2) is 11.5 Å². The van der Waals surface area contributed by atoms with E-state index in [0.29, 0.717) is 42.9 Å². The number of aryl methyl sites for hydroxylation is 1. The average Bonchev–Trinajstić information content (AvgIpc) is 3.21. The van der Waals surface area contributed by atoms with Crippen LogP contribution in [-0.2, 0) is 0 Å². The van der Waals surface area contributed by atoms with E-state index in [1.54, 1.807) is 16.8 Å².